The van der Waals surface area contributed by atoms with Gasteiger partial charge in [0.1, 0.15) is 17.2 Å². The number of phenolic OH excluding ortho intramolecular Hbond substituents is 2. The van der Waals surface area contributed by atoms with E-state index in [9.17, 15) is 15.0 Å². The Morgan fingerprint density at radius 3 is 2.62 bits per heavy atom. The number of rotatable bonds is 5. The predicted molar refractivity (Wildman–Crippen MR) is 97.8 cm³/mol. The molecule has 3 N–H and O–H groups in total. The van der Waals surface area contributed by atoms with Crippen molar-refractivity contribution in [3.63, 3.8) is 0 Å². The monoisotopic (exact) mass is 355 g/mol. The first kappa shape index (κ1) is 17.6. The third kappa shape index (κ3) is 3.15. The molecule has 0 spiro atoms. The van der Waals surface area contributed by atoms with Crippen molar-refractivity contribution in [3.05, 3.63) is 58.0 Å². The topological polar surface area (TPSA) is 100 Å². The number of aromatic amines is 1. The highest BCUT2D eigenvalue weighted by Gasteiger charge is 2.19. The minimum Gasteiger partial charge on any atom is -0.508 e. The van der Waals surface area contributed by atoms with Gasteiger partial charge in [-0.15, -0.1) is 0 Å². The Bertz CT molecular complexity index is 989. The number of hydrogen-bond acceptors (Lipinski definition) is 5. The molecule has 0 saturated carbocycles. The summed E-state index contributed by atoms with van der Waals surface area (Å²) >= 11 is 0. The normalized spacial score (nSPS) is 11.1. The lowest BCUT2D eigenvalue weighted by atomic mass is 9.98. The van der Waals surface area contributed by atoms with Crippen LogP contribution in [0.25, 0.3) is 11.4 Å². The number of ether oxygens (including phenoxy) is 1. The maximum Gasteiger partial charge on any atom is 0.343 e. The molecule has 3 aromatic rings. The highest BCUT2D eigenvalue weighted by atomic mass is 16.5. The van der Waals surface area contributed by atoms with Gasteiger partial charge in [-0.1, -0.05) is 32.0 Å². The maximum absolute atomic E-state index is 12.3. The lowest BCUT2D eigenvalue weighted by molar-refractivity contribution is 0.408. The van der Waals surface area contributed by atoms with E-state index in [1.54, 1.807) is 13.2 Å². The number of aromatic nitrogens is 3. The number of nitrogens with zero attached hydrogens (tertiary/aromatic N) is 2. The van der Waals surface area contributed by atoms with Crippen LogP contribution in [0.2, 0.25) is 0 Å². The van der Waals surface area contributed by atoms with Crippen LogP contribution >= 0.6 is 0 Å². The standard InChI is InChI=1S/C19H21N3O4/c1-11(2)13-8-14(16(24)9-15(13)23)18-20-21-19(25)22(18)10-12-6-4-5-7-17(12)26-3/h4-9,11,23-24H,10H2,1-3H3,(H,21,25). The molecule has 0 aliphatic heterocycles. The van der Waals surface area contributed by atoms with Crippen LogP contribution in [0.15, 0.2) is 41.2 Å². The lowest BCUT2D eigenvalue weighted by Crippen LogP contribution is -2.18. The van der Waals surface area contributed by atoms with Crippen LogP contribution in [0.3, 0.4) is 0 Å². The Kier molecular flexibility index (Phi) is 4.71. The Balaban J connectivity index is 2.12. The van der Waals surface area contributed by atoms with E-state index in [1.807, 2.05) is 38.1 Å². The molecule has 26 heavy (non-hydrogen) atoms. The van der Waals surface area contributed by atoms with Gasteiger partial charge in [0.15, 0.2) is 5.82 Å². The average molecular weight is 355 g/mol. The zero-order valence-corrected chi connectivity index (χ0v) is 14.9. The van der Waals surface area contributed by atoms with Gasteiger partial charge in [0.25, 0.3) is 0 Å². The quantitative estimate of drug-likeness (QED) is 0.653. The molecule has 0 saturated heterocycles. The van der Waals surface area contributed by atoms with Crippen molar-refractivity contribution in [1.82, 2.24) is 14.8 Å². The van der Waals surface area contributed by atoms with E-state index < -0.39 is 5.69 Å². The van der Waals surface area contributed by atoms with Crippen LogP contribution < -0.4 is 10.4 Å². The van der Waals surface area contributed by atoms with Gasteiger partial charge in [0.05, 0.1) is 19.2 Å². The fourth-order valence-electron chi connectivity index (χ4n) is 2.91. The van der Waals surface area contributed by atoms with Crippen molar-refractivity contribution >= 4 is 0 Å². The molecular weight excluding hydrogens is 334 g/mol. The fraction of sp³-hybridized carbons (Fsp3) is 0.263. The maximum atomic E-state index is 12.3. The predicted octanol–water partition coefficient (Wildman–Crippen LogP) is 2.83. The second kappa shape index (κ2) is 6.95. The van der Waals surface area contributed by atoms with Gasteiger partial charge in [0.2, 0.25) is 0 Å². The first-order valence-electron chi connectivity index (χ1n) is 8.25. The summed E-state index contributed by atoms with van der Waals surface area (Å²) in [5.41, 5.74) is 1.45. The van der Waals surface area contributed by atoms with Gasteiger partial charge in [-0.2, -0.15) is 5.10 Å². The molecule has 1 aromatic heterocycles. The van der Waals surface area contributed by atoms with Gasteiger partial charge in [-0.25, -0.2) is 9.89 Å². The molecule has 0 fully saturated rings. The summed E-state index contributed by atoms with van der Waals surface area (Å²) in [4.78, 5) is 12.3. The van der Waals surface area contributed by atoms with E-state index in [0.29, 0.717) is 22.7 Å². The fourth-order valence-corrected chi connectivity index (χ4v) is 2.91. The molecule has 0 atom stereocenters. The van der Waals surface area contributed by atoms with Crippen molar-refractivity contribution < 1.29 is 14.9 Å². The van der Waals surface area contributed by atoms with Crippen LogP contribution in [0, 0.1) is 0 Å². The van der Waals surface area contributed by atoms with Crippen LogP contribution in [-0.4, -0.2) is 32.1 Å². The zero-order valence-electron chi connectivity index (χ0n) is 14.9. The van der Waals surface area contributed by atoms with Crippen LogP contribution in [0.5, 0.6) is 17.2 Å². The van der Waals surface area contributed by atoms with Crippen LogP contribution in [0.1, 0.15) is 30.9 Å². The lowest BCUT2D eigenvalue weighted by Gasteiger charge is -2.14. The van der Waals surface area contributed by atoms with Crippen LogP contribution in [-0.2, 0) is 6.54 Å². The summed E-state index contributed by atoms with van der Waals surface area (Å²) in [6.07, 6.45) is 0. The Morgan fingerprint density at radius 1 is 1.19 bits per heavy atom. The van der Waals surface area contributed by atoms with Gasteiger partial charge < -0.3 is 14.9 Å². The van der Waals surface area contributed by atoms with E-state index in [0.717, 1.165) is 5.56 Å². The molecule has 7 nitrogen and oxygen atoms in total. The summed E-state index contributed by atoms with van der Waals surface area (Å²) < 4.78 is 6.77. The SMILES string of the molecule is COc1ccccc1Cn1c(-c2cc(C(C)C)c(O)cc2O)n[nH]c1=O. The number of hydrogen-bond donors (Lipinski definition) is 3. The molecule has 7 heteroatoms. The van der Waals surface area contributed by atoms with Crippen molar-refractivity contribution in [2.24, 2.45) is 0 Å². The third-order valence-electron chi connectivity index (χ3n) is 4.29. The number of H-pyrrole nitrogens is 1. The number of aromatic hydroxyl groups is 2. The molecule has 0 radical (unpaired) electrons. The van der Waals surface area contributed by atoms with Crippen molar-refractivity contribution in [2.75, 3.05) is 7.11 Å². The largest absolute Gasteiger partial charge is 0.508 e. The van der Waals surface area contributed by atoms with E-state index >= 15 is 0 Å². The Morgan fingerprint density at radius 2 is 1.92 bits per heavy atom. The molecule has 0 unspecified atom stereocenters. The highest BCUT2D eigenvalue weighted by Crippen LogP contribution is 2.37. The summed E-state index contributed by atoms with van der Waals surface area (Å²) in [7, 11) is 1.57. The van der Waals surface area contributed by atoms with E-state index in [4.69, 9.17) is 4.74 Å². The summed E-state index contributed by atoms with van der Waals surface area (Å²) in [6.45, 7) is 4.09. The van der Waals surface area contributed by atoms with Crippen molar-refractivity contribution in [1.29, 1.82) is 0 Å². The molecule has 0 aliphatic carbocycles. The van der Waals surface area contributed by atoms with E-state index in [1.165, 1.54) is 10.6 Å². The van der Waals surface area contributed by atoms with E-state index in [2.05, 4.69) is 10.2 Å². The zero-order chi connectivity index (χ0) is 18.8. The molecule has 3 rings (SSSR count). The third-order valence-corrected chi connectivity index (χ3v) is 4.29. The van der Waals surface area contributed by atoms with Crippen LogP contribution in [0.4, 0.5) is 0 Å². The molecule has 2 aromatic carbocycles. The molecule has 136 valence electrons. The number of methoxy groups -OCH3 is 1. The number of benzene rings is 2. The second-order valence-corrected chi connectivity index (χ2v) is 6.33. The van der Waals surface area contributed by atoms with E-state index in [-0.39, 0.29) is 24.0 Å². The van der Waals surface area contributed by atoms with Gasteiger partial charge in [-0.05, 0) is 23.6 Å². The Labute approximate surface area is 150 Å². The number of para-hydroxylation sites is 1. The first-order chi connectivity index (χ1) is 12.4. The molecular formula is C19H21N3O4. The Hall–Kier alpha value is -3.22. The van der Waals surface area contributed by atoms with Gasteiger partial charge >= 0.3 is 5.69 Å². The van der Waals surface area contributed by atoms with Crippen molar-refractivity contribution in [2.45, 2.75) is 26.3 Å². The summed E-state index contributed by atoms with van der Waals surface area (Å²) in [5, 5.41) is 26.8. The molecule has 0 amide bonds. The average Bonchev–Trinajstić information content (AvgIpc) is 2.96. The molecule has 0 bridgehead atoms. The summed E-state index contributed by atoms with van der Waals surface area (Å²) in [5.74, 6) is 0.856. The second-order valence-electron chi connectivity index (χ2n) is 6.33. The van der Waals surface area contributed by atoms with Gasteiger partial charge in [-0.3, -0.25) is 4.57 Å². The van der Waals surface area contributed by atoms with Crippen molar-refractivity contribution in [3.8, 4) is 28.6 Å². The van der Waals surface area contributed by atoms with Gasteiger partial charge in [0, 0.05) is 11.6 Å². The summed E-state index contributed by atoms with van der Waals surface area (Å²) in [6, 6.07) is 10.3. The first-order valence-corrected chi connectivity index (χ1v) is 8.25. The number of nitrogens with one attached hydrogen (secondary N) is 1. The number of phenols is 2. The minimum absolute atomic E-state index is 0.00964. The molecule has 1 heterocycles. The molecule has 0 aliphatic rings. The smallest absolute Gasteiger partial charge is 0.343 e. The highest BCUT2D eigenvalue weighted by molar-refractivity contribution is 5.67. The minimum atomic E-state index is -0.399.